The van der Waals surface area contributed by atoms with E-state index < -0.39 is 0 Å². The number of hydrogen-bond acceptors (Lipinski definition) is 2. The van der Waals surface area contributed by atoms with Crippen LogP contribution in [0.5, 0.6) is 0 Å². The number of benzene rings is 1. The lowest BCUT2D eigenvalue weighted by atomic mass is 9.98. The molecule has 0 aliphatic carbocycles. The molecule has 0 saturated carbocycles. The van der Waals surface area contributed by atoms with Crippen molar-refractivity contribution in [1.82, 2.24) is 10.2 Å². The molecule has 1 N–H and O–H groups in total. The third-order valence-electron chi connectivity index (χ3n) is 4.47. The number of piperidine rings is 1. The van der Waals surface area contributed by atoms with Gasteiger partial charge in [0.15, 0.2) is 0 Å². The van der Waals surface area contributed by atoms with Gasteiger partial charge in [-0.05, 0) is 51.2 Å². The van der Waals surface area contributed by atoms with Crippen LogP contribution in [0.2, 0.25) is 0 Å². The Hall–Kier alpha value is -0.860. The van der Waals surface area contributed by atoms with Crippen molar-refractivity contribution in [3.8, 4) is 0 Å². The maximum absolute atomic E-state index is 3.72. The standard InChI is InChI=1S/C18H30N2/c1-5-15-6-8-16(9-7-15)14-19-17-10-12-20(13-11-17)18(2,3)4/h6-9,17,19H,5,10-14H2,1-4H3. The molecule has 2 rings (SSSR count). The molecule has 0 unspecified atom stereocenters. The van der Waals surface area contributed by atoms with E-state index in [-0.39, 0.29) is 0 Å². The Morgan fingerprint density at radius 2 is 1.60 bits per heavy atom. The van der Waals surface area contributed by atoms with Gasteiger partial charge in [-0.15, -0.1) is 0 Å². The summed E-state index contributed by atoms with van der Waals surface area (Å²) in [5.74, 6) is 0. The molecule has 1 aliphatic heterocycles. The van der Waals surface area contributed by atoms with Gasteiger partial charge in [0.1, 0.15) is 0 Å². The Labute approximate surface area is 124 Å². The van der Waals surface area contributed by atoms with E-state index >= 15 is 0 Å². The molecule has 1 aliphatic rings. The molecule has 1 aromatic rings. The summed E-state index contributed by atoms with van der Waals surface area (Å²) >= 11 is 0. The molecule has 112 valence electrons. The van der Waals surface area contributed by atoms with Gasteiger partial charge in [0.25, 0.3) is 0 Å². The first-order valence-corrected chi connectivity index (χ1v) is 8.05. The van der Waals surface area contributed by atoms with E-state index in [1.54, 1.807) is 0 Å². The third-order valence-corrected chi connectivity index (χ3v) is 4.47. The van der Waals surface area contributed by atoms with Crippen LogP contribution in [0.15, 0.2) is 24.3 Å². The predicted octanol–water partition coefficient (Wildman–Crippen LogP) is 3.60. The van der Waals surface area contributed by atoms with E-state index in [2.05, 4.69) is 62.2 Å². The van der Waals surface area contributed by atoms with Crippen molar-refractivity contribution in [2.75, 3.05) is 13.1 Å². The number of rotatable bonds is 4. The molecule has 0 aromatic heterocycles. The summed E-state index contributed by atoms with van der Waals surface area (Å²) in [5, 5.41) is 3.72. The highest BCUT2D eigenvalue weighted by Crippen LogP contribution is 2.20. The lowest BCUT2D eigenvalue weighted by molar-refractivity contribution is 0.0960. The fourth-order valence-corrected chi connectivity index (χ4v) is 2.91. The van der Waals surface area contributed by atoms with Gasteiger partial charge in [-0.2, -0.15) is 0 Å². The molecule has 2 heteroatoms. The van der Waals surface area contributed by atoms with Crippen molar-refractivity contribution in [3.63, 3.8) is 0 Å². The van der Waals surface area contributed by atoms with Gasteiger partial charge in [0, 0.05) is 31.2 Å². The normalized spacial score (nSPS) is 18.4. The average molecular weight is 274 g/mol. The molecule has 20 heavy (non-hydrogen) atoms. The van der Waals surface area contributed by atoms with E-state index in [0.29, 0.717) is 11.6 Å². The van der Waals surface area contributed by atoms with Crippen LogP contribution in [0.4, 0.5) is 0 Å². The van der Waals surface area contributed by atoms with Gasteiger partial charge in [-0.3, -0.25) is 4.90 Å². The van der Waals surface area contributed by atoms with Crippen molar-refractivity contribution in [2.45, 2.75) is 65.1 Å². The summed E-state index contributed by atoms with van der Waals surface area (Å²) in [5.41, 5.74) is 3.15. The van der Waals surface area contributed by atoms with E-state index in [9.17, 15) is 0 Å². The lowest BCUT2D eigenvalue weighted by Crippen LogP contribution is -2.49. The van der Waals surface area contributed by atoms with E-state index in [1.807, 2.05) is 0 Å². The van der Waals surface area contributed by atoms with Gasteiger partial charge in [0.2, 0.25) is 0 Å². The summed E-state index contributed by atoms with van der Waals surface area (Å²) in [6, 6.07) is 9.70. The minimum Gasteiger partial charge on any atom is -0.310 e. The first-order valence-electron chi connectivity index (χ1n) is 8.05. The van der Waals surface area contributed by atoms with E-state index in [4.69, 9.17) is 0 Å². The van der Waals surface area contributed by atoms with Gasteiger partial charge in [-0.1, -0.05) is 31.2 Å². The fourth-order valence-electron chi connectivity index (χ4n) is 2.91. The van der Waals surface area contributed by atoms with Gasteiger partial charge >= 0.3 is 0 Å². The predicted molar refractivity (Wildman–Crippen MR) is 87.0 cm³/mol. The summed E-state index contributed by atoms with van der Waals surface area (Å²) in [4.78, 5) is 2.60. The van der Waals surface area contributed by atoms with Crippen molar-refractivity contribution in [1.29, 1.82) is 0 Å². The van der Waals surface area contributed by atoms with Crippen molar-refractivity contribution < 1.29 is 0 Å². The highest BCUT2D eigenvalue weighted by molar-refractivity contribution is 5.22. The first kappa shape index (κ1) is 15.5. The fraction of sp³-hybridized carbons (Fsp3) is 0.667. The quantitative estimate of drug-likeness (QED) is 0.902. The number of likely N-dealkylation sites (tertiary alicyclic amines) is 1. The molecule has 0 radical (unpaired) electrons. The molecule has 1 saturated heterocycles. The summed E-state index contributed by atoms with van der Waals surface area (Å²) in [6.45, 7) is 12.6. The highest BCUT2D eigenvalue weighted by Gasteiger charge is 2.26. The van der Waals surface area contributed by atoms with E-state index in [1.165, 1.54) is 37.1 Å². The SMILES string of the molecule is CCc1ccc(CNC2CCN(C(C)(C)C)CC2)cc1. The molecule has 0 amide bonds. The van der Waals surface area contributed by atoms with Crippen LogP contribution < -0.4 is 5.32 Å². The van der Waals surface area contributed by atoms with Crippen LogP contribution in [0, 0.1) is 0 Å². The lowest BCUT2D eigenvalue weighted by Gasteiger charge is -2.41. The highest BCUT2D eigenvalue weighted by atomic mass is 15.2. The maximum Gasteiger partial charge on any atom is 0.0208 e. The summed E-state index contributed by atoms with van der Waals surface area (Å²) < 4.78 is 0. The van der Waals surface area contributed by atoms with Crippen LogP contribution in [-0.4, -0.2) is 29.6 Å². The Balaban J connectivity index is 1.75. The number of nitrogens with zero attached hydrogens (tertiary/aromatic N) is 1. The van der Waals surface area contributed by atoms with Gasteiger partial charge < -0.3 is 5.32 Å². The third kappa shape index (κ3) is 4.32. The van der Waals surface area contributed by atoms with Crippen LogP contribution >= 0.6 is 0 Å². The molecular weight excluding hydrogens is 244 g/mol. The molecule has 2 nitrogen and oxygen atoms in total. The Morgan fingerprint density at radius 3 is 2.10 bits per heavy atom. The second-order valence-electron chi connectivity index (χ2n) is 6.98. The van der Waals surface area contributed by atoms with Crippen LogP contribution in [0.25, 0.3) is 0 Å². The molecule has 0 atom stereocenters. The second kappa shape index (κ2) is 6.73. The Morgan fingerprint density at radius 1 is 1.05 bits per heavy atom. The Kier molecular flexibility index (Phi) is 5.22. The number of aryl methyl sites for hydroxylation is 1. The van der Waals surface area contributed by atoms with Crippen LogP contribution in [0.1, 0.15) is 51.7 Å². The summed E-state index contributed by atoms with van der Waals surface area (Å²) in [6.07, 6.45) is 3.66. The number of nitrogens with one attached hydrogen (secondary N) is 1. The van der Waals surface area contributed by atoms with Gasteiger partial charge in [0.05, 0.1) is 0 Å². The minimum absolute atomic E-state index is 0.320. The molecule has 1 heterocycles. The molecular formula is C18H30N2. The molecule has 0 spiro atoms. The zero-order valence-electron chi connectivity index (χ0n) is 13.6. The zero-order chi connectivity index (χ0) is 14.6. The van der Waals surface area contributed by atoms with Crippen LogP contribution in [-0.2, 0) is 13.0 Å². The largest absolute Gasteiger partial charge is 0.310 e. The Bertz CT molecular complexity index is 394. The molecule has 0 bridgehead atoms. The van der Waals surface area contributed by atoms with Crippen molar-refractivity contribution in [2.24, 2.45) is 0 Å². The van der Waals surface area contributed by atoms with Crippen LogP contribution in [0.3, 0.4) is 0 Å². The smallest absolute Gasteiger partial charge is 0.0208 e. The summed E-state index contributed by atoms with van der Waals surface area (Å²) in [7, 11) is 0. The second-order valence-corrected chi connectivity index (χ2v) is 6.98. The topological polar surface area (TPSA) is 15.3 Å². The van der Waals surface area contributed by atoms with Crippen molar-refractivity contribution in [3.05, 3.63) is 35.4 Å². The average Bonchev–Trinajstić information content (AvgIpc) is 2.45. The van der Waals surface area contributed by atoms with Gasteiger partial charge in [-0.25, -0.2) is 0 Å². The van der Waals surface area contributed by atoms with E-state index in [0.717, 1.165) is 13.0 Å². The maximum atomic E-state index is 3.72. The minimum atomic E-state index is 0.320. The molecule has 1 aromatic carbocycles. The molecule has 1 fully saturated rings. The first-order chi connectivity index (χ1) is 9.49. The zero-order valence-corrected chi connectivity index (χ0v) is 13.6. The van der Waals surface area contributed by atoms with Crippen molar-refractivity contribution >= 4 is 0 Å². The monoisotopic (exact) mass is 274 g/mol. The number of hydrogen-bond donors (Lipinski definition) is 1.